The van der Waals surface area contributed by atoms with E-state index in [1.807, 2.05) is 24.3 Å². The lowest BCUT2D eigenvalue weighted by Crippen LogP contribution is -1.83. The molecule has 0 aliphatic rings. The first-order valence-corrected chi connectivity index (χ1v) is 6.65. The van der Waals surface area contributed by atoms with Crippen molar-refractivity contribution in [1.29, 1.82) is 0 Å². The molecule has 0 fully saturated rings. The van der Waals surface area contributed by atoms with Crippen molar-refractivity contribution >= 4 is 27.9 Å². The molecule has 0 aliphatic heterocycles. The van der Waals surface area contributed by atoms with Gasteiger partial charge in [0.25, 0.3) is 0 Å². The van der Waals surface area contributed by atoms with Gasteiger partial charge >= 0.3 is 0 Å². The molecule has 0 aliphatic carbocycles. The van der Waals surface area contributed by atoms with E-state index in [0.717, 1.165) is 9.75 Å². The normalized spacial score (nSPS) is 10.7. The van der Waals surface area contributed by atoms with Gasteiger partial charge in [0.15, 0.2) is 5.78 Å². The standard InChI is InChI=1S/C16H12OS/c1-11(17)15-8-9-16(18-15)14-7-6-12-4-2-3-5-13(12)10-14/h2-10H,1H3. The minimum absolute atomic E-state index is 0.132. The lowest BCUT2D eigenvalue weighted by atomic mass is 10.1. The zero-order valence-electron chi connectivity index (χ0n) is 10.0. The van der Waals surface area contributed by atoms with E-state index >= 15 is 0 Å². The lowest BCUT2D eigenvalue weighted by Gasteiger charge is -2.01. The molecule has 3 aromatic rings. The maximum atomic E-state index is 11.3. The Hall–Kier alpha value is -1.93. The Morgan fingerprint density at radius 1 is 0.944 bits per heavy atom. The summed E-state index contributed by atoms with van der Waals surface area (Å²) in [6, 6.07) is 18.6. The molecule has 0 unspecified atom stereocenters. The van der Waals surface area contributed by atoms with Crippen molar-refractivity contribution in [2.24, 2.45) is 0 Å². The van der Waals surface area contributed by atoms with Crippen LogP contribution in [0.4, 0.5) is 0 Å². The monoisotopic (exact) mass is 252 g/mol. The Morgan fingerprint density at radius 3 is 2.44 bits per heavy atom. The Morgan fingerprint density at radius 2 is 1.72 bits per heavy atom. The predicted octanol–water partition coefficient (Wildman–Crippen LogP) is 4.77. The number of ketones is 1. The third kappa shape index (κ3) is 1.95. The maximum Gasteiger partial charge on any atom is 0.169 e. The largest absolute Gasteiger partial charge is 0.294 e. The van der Waals surface area contributed by atoms with Crippen LogP contribution < -0.4 is 0 Å². The molecule has 1 aromatic heterocycles. The second kappa shape index (κ2) is 4.39. The van der Waals surface area contributed by atoms with E-state index in [2.05, 4.69) is 30.3 Å². The summed E-state index contributed by atoms with van der Waals surface area (Å²) in [4.78, 5) is 13.3. The van der Waals surface area contributed by atoms with Crippen LogP contribution in [-0.2, 0) is 0 Å². The Balaban J connectivity index is 2.10. The molecule has 1 nitrogen and oxygen atoms in total. The van der Waals surface area contributed by atoms with Crippen molar-refractivity contribution < 1.29 is 4.79 Å². The summed E-state index contributed by atoms with van der Waals surface area (Å²) in [5, 5.41) is 2.47. The van der Waals surface area contributed by atoms with Gasteiger partial charge in [0.2, 0.25) is 0 Å². The van der Waals surface area contributed by atoms with E-state index < -0.39 is 0 Å². The molecule has 2 aromatic carbocycles. The number of benzene rings is 2. The average Bonchev–Trinajstić information content (AvgIpc) is 2.88. The summed E-state index contributed by atoms with van der Waals surface area (Å²) in [5.41, 5.74) is 1.17. The summed E-state index contributed by atoms with van der Waals surface area (Å²) >= 11 is 1.55. The zero-order valence-corrected chi connectivity index (χ0v) is 10.8. The quantitative estimate of drug-likeness (QED) is 0.600. The van der Waals surface area contributed by atoms with Crippen LogP contribution in [0, 0.1) is 0 Å². The maximum absolute atomic E-state index is 11.3. The molecule has 0 spiro atoms. The molecular weight excluding hydrogens is 240 g/mol. The highest BCUT2D eigenvalue weighted by Crippen LogP contribution is 2.30. The van der Waals surface area contributed by atoms with Crippen LogP contribution in [0.5, 0.6) is 0 Å². The summed E-state index contributed by atoms with van der Waals surface area (Å²) in [6.45, 7) is 1.61. The lowest BCUT2D eigenvalue weighted by molar-refractivity contribution is 0.102. The van der Waals surface area contributed by atoms with Crippen LogP contribution in [0.15, 0.2) is 54.6 Å². The van der Waals surface area contributed by atoms with E-state index in [9.17, 15) is 4.79 Å². The molecule has 1 heterocycles. The topological polar surface area (TPSA) is 17.1 Å². The summed E-state index contributed by atoms with van der Waals surface area (Å²) in [5.74, 6) is 0.132. The van der Waals surface area contributed by atoms with Gasteiger partial charge in [-0.2, -0.15) is 0 Å². The number of Topliss-reactive ketones (excluding diaryl/α,β-unsaturated/α-hetero) is 1. The van der Waals surface area contributed by atoms with Gasteiger partial charge in [-0.15, -0.1) is 11.3 Å². The number of hydrogen-bond donors (Lipinski definition) is 0. The molecule has 0 N–H and O–H groups in total. The number of hydrogen-bond acceptors (Lipinski definition) is 2. The van der Waals surface area contributed by atoms with Crippen molar-refractivity contribution in [3.63, 3.8) is 0 Å². The van der Waals surface area contributed by atoms with Gasteiger partial charge in [0, 0.05) is 4.88 Å². The molecular formula is C16H12OS. The minimum atomic E-state index is 0.132. The van der Waals surface area contributed by atoms with Gasteiger partial charge in [-0.05, 0) is 41.5 Å². The molecule has 3 rings (SSSR count). The van der Waals surface area contributed by atoms with Crippen LogP contribution in [0.3, 0.4) is 0 Å². The first kappa shape index (κ1) is 11.2. The number of rotatable bonds is 2. The van der Waals surface area contributed by atoms with Crippen LogP contribution in [0.2, 0.25) is 0 Å². The van der Waals surface area contributed by atoms with Gasteiger partial charge in [-0.25, -0.2) is 0 Å². The van der Waals surface area contributed by atoms with E-state index in [-0.39, 0.29) is 5.78 Å². The fourth-order valence-corrected chi connectivity index (χ4v) is 2.92. The molecule has 88 valence electrons. The highest BCUT2D eigenvalue weighted by Gasteiger charge is 2.06. The predicted molar refractivity (Wildman–Crippen MR) is 77.3 cm³/mol. The van der Waals surface area contributed by atoms with Crippen LogP contribution in [0.1, 0.15) is 16.6 Å². The number of carbonyl (C=O) groups excluding carboxylic acids is 1. The second-order valence-corrected chi connectivity index (χ2v) is 5.37. The zero-order chi connectivity index (χ0) is 12.5. The van der Waals surface area contributed by atoms with Gasteiger partial charge in [-0.1, -0.05) is 36.4 Å². The Labute approximate surface area is 110 Å². The van der Waals surface area contributed by atoms with Crippen molar-refractivity contribution in [2.75, 3.05) is 0 Å². The van der Waals surface area contributed by atoms with Gasteiger partial charge < -0.3 is 0 Å². The van der Waals surface area contributed by atoms with E-state index in [1.54, 1.807) is 18.3 Å². The molecule has 0 bridgehead atoms. The van der Waals surface area contributed by atoms with E-state index in [0.29, 0.717) is 0 Å². The fraction of sp³-hybridized carbons (Fsp3) is 0.0625. The first-order valence-electron chi connectivity index (χ1n) is 5.84. The van der Waals surface area contributed by atoms with Gasteiger partial charge in [-0.3, -0.25) is 4.79 Å². The highest BCUT2D eigenvalue weighted by atomic mass is 32.1. The number of carbonyl (C=O) groups is 1. The number of fused-ring (bicyclic) bond motifs is 1. The molecule has 0 amide bonds. The smallest absolute Gasteiger partial charge is 0.169 e. The van der Waals surface area contributed by atoms with Crippen LogP contribution >= 0.6 is 11.3 Å². The average molecular weight is 252 g/mol. The summed E-state index contributed by atoms with van der Waals surface area (Å²) in [6.07, 6.45) is 0. The molecule has 0 saturated carbocycles. The molecule has 0 atom stereocenters. The summed E-state index contributed by atoms with van der Waals surface area (Å²) in [7, 11) is 0. The Bertz CT molecular complexity index is 725. The third-order valence-corrected chi connectivity index (χ3v) is 4.22. The fourth-order valence-electron chi connectivity index (χ4n) is 2.02. The molecule has 0 saturated heterocycles. The van der Waals surface area contributed by atoms with Crippen molar-refractivity contribution in [3.05, 3.63) is 59.5 Å². The van der Waals surface area contributed by atoms with Gasteiger partial charge in [0.05, 0.1) is 4.88 Å². The first-order chi connectivity index (χ1) is 8.74. The summed E-state index contributed by atoms with van der Waals surface area (Å²) < 4.78 is 0. The molecule has 2 heteroatoms. The highest BCUT2D eigenvalue weighted by molar-refractivity contribution is 7.17. The van der Waals surface area contributed by atoms with Gasteiger partial charge in [0.1, 0.15) is 0 Å². The van der Waals surface area contributed by atoms with Crippen LogP contribution in [-0.4, -0.2) is 5.78 Å². The Kier molecular flexibility index (Phi) is 2.73. The second-order valence-electron chi connectivity index (χ2n) is 4.28. The van der Waals surface area contributed by atoms with Crippen molar-refractivity contribution in [2.45, 2.75) is 6.92 Å². The minimum Gasteiger partial charge on any atom is -0.294 e. The van der Waals surface area contributed by atoms with E-state index in [4.69, 9.17) is 0 Å². The number of thiophene rings is 1. The molecule has 0 radical (unpaired) electrons. The SMILES string of the molecule is CC(=O)c1ccc(-c2ccc3ccccc3c2)s1. The third-order valence-electron chi connectivity index (χ3n) is 2.99. The van der Waals surface area contributed by atoms with Crippen LogP contribution in [0.25, 0.3) is 21.2 Å². The van der Waals surface area contributed by atoms with Crippen molar-refractivity contribution in [1.82, 2.24) is 0 Å². The molecule has 18 heavy (non-hydrogen) atoms. The van der Waals surface area contributed by atoms with Crippen molar-refractivity contribution in [3.8, 4) is 10.4 Å². The van der Waals surface area contributed by atoms with E-state index in [1.165, 1.54) is 16.3 Å².